The third-order valence-corrected chi connectivity index (χ3v) is 4.94. The molecule has 0 saturated heterocycles. The molecule has 6 nitrogen and oxygen atoms in total. The molecule has 0 bridgehead atoms. The lowest BCUT2D eigenvalue weighted by Crippen LogP contribution is -2.40. The molecule has 24 heavy (non-hydrogen) atoms. The van der Waals surface area contributed by atoms with Gasteiger partial charge in [-0.2, -0.15) is 0 Å². The zero-order valence-corrected chi connectivity index (χ0v) is 14.1. The maximum atomic E-state index is 12.5. The summed E-state index contributed by atoms with van der Waals surface area (Å²) < 4.78 is 1.35. The number of fused-ring (bicyclic) bond motifs is 1. The van der Waals surface area contributed by atoms with Crippen molar-refractivity contribution in [1.82, 2.24) is 14.7 Å². The lowest BCUT2D eigenvalue weighted by atomic mass is 10.1. The SMILES string of the molecule is Cc1cccn2c(=O)c(C(=O)NCC(C)(O)c3cccs3)cnc12. The smallest absolute Gasteiger partial charge is 0.270 e. The molecule has 3 rings (SSSR count). The highest BCUT2D eigenvalue weighted by Gasteiger charge is 2.25. The number of nitrogens with zero attached hydrogens (tertiary/aromatic N) is 2. The monoisotopic (exact) mass is 343 g/mol. The molecule has 2 N–H and O–H groups in total. The van der Waals surface area contributed by atoms with Crippen molar-refractivity contribution in [2.45, 2.75) is 19.4 Å². The second-order valence-electron chi connectivity index (χ2n) is 5.80. The lowest BCUT2D eigenvalue weighted by Gasteiger charge is -2.22. The van der Waals surface area contributed by atoms with Crippen molar-refractivity contribution < 1.29 is 9.90 Å². The molecule has 0 spiro atoms. The second kappa shape index (κ2) is 6.18. The van der Waals surface area contributed by atoms with E-state index in [4.69, 9.17) is 0 Å². The fraction of sp³-hybridized carbons (Fsp3) is 0.235. The molecule has 0 aliphatic heterocycles. The molecule has 0 saturated carbocycles. The van der Waals surface area contributed by atoms with Crippen LogP contribution in [0.25, 0.3) is 5.65 Å². The minimum atomic E-state index is -1.19. The quantitative estimate of drug-likeness (QED) is 0.755. The number of hydrogen-bond donors (Lipinski definition) is 2. The maximum absolute atomic E-state index is 12.5. The minimum Gasteiger partial charge on any atom is -0.383 e. The van der Waals surface area contributed by atoms with Crippen LogP contribution in [0.1, 0.15) is 27.7 Å². The molecule has 1 atom stereocenters. The molecular weight excluding hydrogens is 326 g/mol. The second-order valence-corrected chi connectivity index (χ2v) is 6.74. The molecule has 0 aliphatic carbocycles. The summed E-state index contributed by atoms with van der Waals surface area (Å²) in [7, 11) is 0. The van der Waals surface area contributed by atoms with E-state index in [1.54, 1.807) is 25.3 Å². The predicted molar refractivity (Wildman–Crippen MR) is 92.4 cm³/mol. The van der Waals surface area contributed by atoms with Crippen molar-refractivity contribution >= 4 is 22.9 Å². The van der Waals surface area contributed by atoms with E-state index in [0.717, 1.165) is 10.4 Å². The molecular formula is C17H17N3O3S. The van der Waals surface area contributed by atoms with E-state index in [0.29, 0.717) is 5.65 Å². The first-order valence-electron chi connectivity index (χ1n) is 7.42. The average Bonchev–Trinajstić information content (AvgIpc) is 3.09. The first kappa shape index (κ1) is 16.4. The number of pyridine rings is 1. The Morgan fingerprint density at radius 2 is 2.21 bits per heavy atom. The first-order valence-corrected chi connectivity index (χ1v) is 8.30. The number of aromatic nitrogens is 2. The number of aryl methyl sites for hydroxylation is 1. The minimum absolute atomic E-state index is 0.00229. The van der Waals surface area contributed by atoms with Gasteiger partial charge in [-0.3, -0.25) is 14.0 Å². The largest absolute Gasteiger partial charge is 0.383 e. The Morgan fingerprint density at radius 3 is 2.92 bits per heavy atom. The highest BCUT2D eigenvalue weighted by molar-refractivity contribution is 7.10. The molecule has 3 aromatic rings. The van der Waals surface area contributed by atoms with Crippen molar-refractivity contribution in [2.75, 3.05) is 6.54 Å². The van der Waals surface area contributed by atoms with Crippen LogP contribution >= 0.6 is 11.3 Å². The van der Waals surface area contributed by atoms with Crippen molar-refractivity contribution in [3.8, 4) is 0 Å². The summed E-state index contributed by atoms with van der Waals surface area (Å²) >= 11 is 1.40. The molecule has 124 valence electrons. The van der Waals surface area contributed by atoms with E-state index >= 15 is 0 Å². The van der Waals surface area contributed by atoms with Gasteiger partial charge in [-0.05, 0) is 36.9 Å². The maximum Gasteiger partial charge on any atom is 0.270 e. The fourth-order valence-electron chi connectivity index (χ4n) is 2.42. The van der Waals surface area contributed by atoms with E-state index in [9.17, 15) is 14.7 Å². The molecule has 3 heterocycles. The number of carbonyl (C=O) groups is 1. The summed E-state index contributed by atoms with van der Waals surface area (Å²) in [5.74, 6) is -0.555. The van der Waals surface area contributed by atoms with E-state index in [1.807, 2.05) is 24.4 Å². The van der Waals surface area contributed by atoms with Crippen LogP contribution in [-0.2, 0) is 5.60 Å². The molecule has 0 aliphatic rings. The van der Waals surface area contributed by atoms with Gasteiger partial charge in [0.05, 0.1) is 6.54 Å². The molecule has 7 heteroatoms. The average molecular weight is 343 g/mol. The van der Waals surface area contributed by atoms with Crippen LogP contribution in [0.2, 0.25) is 0 Å². The van der Waals surface area contributed by atoms with Crippen molar-refractivity contribution in [3.63, 3.8) is 0 Å². The standard InChI is InChI=1S/C17H17N3O3S/c1-11-5-3-7-20-14(11)18-9-12(16(20)22)15(21)19-10-17(2,23)13-6-4-8-24-13/h3-9,23H,10H2,1-2H3,(H,19,21). The van der Waals surface area contributed by atoms with Crippen molar-refractivity contribution in [3.05, 3.63) is 68.4 Å². The first-order chi connectivity index (χ1) is 11.4. The fourth-order valence-corrected chi connectivity index (χ4v) is 3.21. The normalized spacial score (nSPS) is 13.6. The van der Waals surface area contributed by atoms with Crippen LogP contribution in [0, 0.1) is 6.92 Å². The molecule has 0 fully saturated rings. The predicted octanol–water partition coefficient (Wildman–Crippen LogP) is 1.70. The Morgan fingerprint density at radius 1 is 1.42 bits per heavy atom. The number of amides is 1. The van der Waals surface area contributed by atoms with Gasteiger partial charge in [0.1, 0.15) is 16.8 Å². The Labute approximate surface area is 142 Å². The van der Waals surface area contributed by atoms with Crippen molar-refractivity contribution in [2.24, 2.45) is 0 Å². The van der Waals surface area contributed by atoms with E-state index < -0.39 is 17.1 Å². The van der Waals surface area contributed by atoms with E-state index in [-0.39, 0.29) is 12.1 Å². The van der Waals surface area contributed by atoms with Crippen LogP contribution < -0.4 is 10.9 Å². The number of thiophene rings is 1. The summed E-state index contributed by atoms with van der Waals surface area (Å²) in [6.45, 7) is 3.47. The third-order valence-electron chi connectivity index (χ3n) is 3.82. The van der Waals surface area contributed by atoms with Gasteiger partial charge >= 0.3 is 0 Å². The highest BCUT2D eigenvalue weighted by Crippen LogP contribution is 2.24. The molecule has 0 radical (unpaired) electrons. The van der Waals surface area contributed by atoms with Crippen molar-refractivity contribution in [1.29, 1.82) is 0 Å². The molecule has 0 aromatic carbocycles. The van der Waals surface area contributed by atoms with Crippen LogP contribution in [0.4, 0.5) is 0 Å². The Bertz CT molecular complexity index is 945. The van der Waals surface area contributed by atoms with Gasteiger partial charge in [-0.15, -0.1) is 11.3 Å². The highest BCUT2D eigenvalue weighted by atomic mass is 32.1. The van der Waals surface area contributed by atoms with Crippen LogP contribution in [0.5, 0.6) is 0 Å². The van der Waals surface area contributed by atoms with E-state index in [2.05, 4.69) is 10.3 Å². The van der Waals surface area contributed by atoms with Crippen LogP contribution in [0.15, 0.2) is 46.8 Å². The summed E-state index contributed by atoms with van der Waals surface area (Å²) in [4.78, 5) is 29.8. The zero-order chi connectivity index (χ0) is 17.3. The molecule has 1 amide bonds. The molecule has 3 aromatic heterocycles. The zero-order valence-electron chi connectivity index (χ0n) is 13.3. The van der Waals surface area contributed by atoms with Gasteiger partial charge in [0.15, 0.2) is 0 Å². The number of hydrogen-bond acceptors (Lipinski definition) is 5. The summed E-state index contributed by atoms with van der Waals surface area (Å²) in [5, 5.41) is 14.9. The van der Waals surface area contributed by atoms with Gasteiger partial charge in [0.25, 0.3) is 11.5 Å². The Balaban J connectivity index is 1.85. The summed E-state index contributed by atoms with van der Waals surface area (Å²) in [6, 6.07) is 7.21. The van der Waals surface area contributed by atoms with E-state index in [1.165, 1.54) is 21.9 Å². The number of nitrogens with one attached hydrogen (secondary N) is 1. The van der Waals surface area contributed by atoms with Crippen LogP contribution in [0.3, 0.4) is 0 Å². The Kier molecular flexibility index (Phi) is 4.21. The van der Waals surface area contributed by atoms with Gasteiger partial charge in [-0.1, -0.05) is 12.1 Å². The topological polar surface area (TPSA) is 83.7 Å². The Hall–Kier alpha value is -2.51. The van der Waals surface area contributed by atoms with Gasteiger partial charge in [0, 0.05) is 17.3 Å². The van der Waals surface area contributed by atoms with Crippen LogP contribution in [-0.4, -0.2) is 26.9 Å². The lowest BCUT2D eigenvalue weighted by molar-refractivity contribution is 0.0556. The summed E-state index contributed by atoms with van der Waals surface area (Å²) in [5.41, 5.74) is -0.315. The van der Waals surface area contributed by atoms with Gasteiger partial charge < -0.3 is 10.4 Å². The number of aliphatic hydroxyl groups is 1. The molecule has 1 unspecified atom stereocenters. The summed E-state index contributed by atoms with van der Waals surface area (Å²) in [6.07, 6.45) is 2.86. The van der Waals surface area contributed by atoms with Gasteiger partial charge in [0.2, 0.25) is 0 Å². The third kappa shape index (κ3) is 2.95. The number of rotatable bonds is 4. The van der Waals surface area contributed by atoms with Gasteiger partial charge in [-0.25, -0.2) is 4.98 Å². The number of carbonyl (C=O) groups excluding carboxylic acids is 1.